The van der Waals surface area contributed by atoms with E-state index in [4.69, 9.17) is 0 Å². The van der Waals surface area contributed by atoms with Gasteiger partial charge >= 0.3 is 12.0 Å². The number of esters is 1. The molecule has 0 bridgehead atoms. The summed E-state index contributed by atoms with van der Waals surface area (Å²) in [6, 6.07) is 11.7. The van der Waals surface area contributed by atoms with Crippen molar-refractivity contribution < 1.29 is 19.1 Å². The van der Waals surface area contributed by atoms with E-state index in [0.29, 0.717) is 16.6 Å². The number of nitrogens with zero attached hydrogens (tertiary/aromatic N) is 2. The number of amides is 3. The molecule has 0 aliphatic carbocycles. The van der Waals surface area contributed by atoms with Gasteiger partial charge in [-0.05, 0) is 44.5 Å². The smallest absolute Gasteiger partial charge is 0.325 e. The molecule has 1 heterocycles. The molecule has 9 nitrogen and oxygen atoms in total. The predicted octanol–water partition coefficient (Wildman–Crippen LogP) is 3.41. The Balaban J connectivity index is 1.77. The van der Waals surface area contributed by atoms with Crippen LogP contribution in [0.5, 0.6) is 0 Å². The number of anilines is 1. The van der Waals surface area contributed by atoms with E-state index in [1.165, 1.54) is 11.7 Å². The van der Waals surface area contributed by atoms with Gasteiger partial charge in [-0.3, -0.25) is 24.3 Å². The SMILES string of the molecule is COC(=O)CCn1c(SC(C)C(=O)NC(=O)Nc2ccc(C)cc2C)nc2ccccc2c1=O. The van der Waals surface area contributed by atoms with Gasteiger partial charge < -0.3 is 10.1 Å². The van der Waals surface area contributed by atoms with Gasteiger partial charge in [0.05, 0.1) is 29.7 Å². The maximum absolute atomic E-state index is 13.0. The standard InChI is InChI=1S/C24H26N4O5S/c1-14-9-10-18(15(2)13-14)25-23(32)27-21(30)16(3)34-24-26-19-8-6-5-7-17(19)22(31)28(24)12-11-20(29)33-4/h5-10,13,16H,11-12H2,1-4H3,(H2,25,27,30,32). The van der Waals surface area contributed by atoms with Gasteiger partial charge in [-0.15, -0.1) is 0 Å². The van der Waals surface area contributed by atoms with E-state index in [1.54, 1.807) is 37.3 Å². The van der Waals surface area contributed by atoms with Gasteiger partial charge in [-0.25, -0.2) is 9.78 Å². The second-order valence-electron chi connectivity index (χ2n) is 7.72. The fourth-order valence-corrected chi connectivity index (χ4v) is 4.21. The van der Waals surface area contributed by atoms with E-state index >= 15 is 0 Å². The molecular formula is C24H26N4O5S. The Morgan fingerprint density at radius 1 is 1.15 bits per heavy atom. The lowest BCUT2D eigenvalue weighted by atomic mass is 10.1. The van der Waals surface area contributed by atoms with Crippen molar-refractivity contribution >= 4 is 46.3 Å². The zero-order valence-electron chi connectivity index (χ0n) is 19.4. The van der Waals surface area contributed by atoms with Crippen LogP contribution in [0.4, 0.5) is 10.5 Å². The largest absolute Gasteiger partial charge is 0.469 e. The number of urea groups is 1. The fourth-order valence-electron chi connectivity index (χ4n) is 3.27. The molecule has 0 saturated heterocycles. The highest BCUT2D eigenvalue weighted by Gasteiger charge is 2.21. The quantitative estimate of drug-likeness (QED) is 0.301. The van der Waals surface area contributed by atoms with Crippen LogP contribution in [-0.4, -0.2) is 39.8 Å². The Hall–Kier alpha value is -3.66. The normalized spacial score (nSPS) is 11.6. The van der Waals surface area contributed by atoms with Crippen molar-refractivity contribution in [1.29, 1.82) is 0 Å². The average Bonchev–Trinajstić information content (AvgIpc) is 2.80. The molecule has 0 fully saturated rings. The number of benzene rings is 2. The molecule has 178 valence electrons. The minimum absolute atomic E-state index is 0.0249. The molecule has 3 amide bonds. The molecule has 0 aliphatic heterocycles. The Morgan fingerprint density at radius 3 is 2.59 bits per heavy atom. The maximum atomic E-state index is 13.0. The van der Waals surface area contributed by atoms with Crippen LogP contribution in [0.2, 0.25) is 0 Å². The van der Waals surface area contributed by atoms with Crippen LogP contribution in [-0.2, 0) is 20.9 Å². The van der Waals surface area contributed by atoms with Crippen LogP contribution in [0.1, 0.15) is 24.5 Å². The molecule has 0 saturated carbocycles. The lowest BCUT2D eigenvalue weighted by molar-refractivity contribution is -0.140. The van der Waals surface area contributed by atoms with Crippen LogP contribution in [0, 0.1) is 13.8 Å². The highest BCUT2D eigenvalue weighted by atomic mass is 32.2. The van der Waals surface area contributed by atoms with Gasteiger partial charge in [0.25, 0.3) is 5.56 Å². The highest BCUT2D eigenvalue weighted by Crippen LogP contribution is 2.23. The van der Waals surface area contributed by atoms with Gasteiger partial charge in [0, 0.05) is 12.2 Å². The third kappa shape index (κ3) is 6.02. The second kappa shape index (κ2) is 11.0. The summed E-state index contributed by atoms with van der Waals surface area (Å²) < 4.78 is 6.03. The Kier molecular flexibility index (Phi) is 8.06. The first-order valence-corrected chi connectivity index (χ1v) is 11.5. The molecular weight excluding hydrogens is 456 g/mol. The lowest BCUT2D eigenvalue weighted by Crippen LogP contribution is -2.39. The lowest BCUT2D eigenvalue weighted by Gasteiger charge is -2.16. The zero-order valence-corrected chi connectivity index (χ0v) is 20.2. The summed E-state index contributed by atoms with van der Waals surface area (Å²) in [4.78, 5) is 54.2. The molecule has 1 atom stereocenters. The zero-order chi connectivity index (χ0) is 24.8. The number of rotatable bonds is 7. The first-order chi connectivity index (χ1) is 16.2. The van der Waals surface area contributed by atoms with Gasteiger partial charge in [-0.2, -0.15) is 0 Å². The minimum Gasteiger partial charge on any atom is -0.469 e. The number of hydrogen-bond acceptors (Lipinski definition) is 7. The summed E-state index contributed by atoms with van der Waals surface area (Å²) in [5.41, 5.74) is 2.69. The number of methoxy groups -OCH3 is 1. The van der Waals surface area contributed by atoms with Crippen LogP contribution in [0.25, 0.3) is 10.9 Å². The summed E-state index contributed by atoms with van der Waals surface area (Å²) in [5.74, 6) is -1.01. The minimum atomic E-state index is -0.748. The van der Waals surface area contributed by atoms with Gasteiger partial charge in [0.2, 0.25) is 5.91 Å². The van der Waals surface area contributed by atoms with Crippen molar-refractivity contribution in [2.24, 2.45) is 0 Å². The number of fused-ring (bicyclic) bond motifs is 1. The van der Waals surface area contributed by atoms with E-state index < -0.39 is 23.2 Å². The van der Waals surface area contributed by atoms with Gasteiger partial charge in [0.15, 0.2) is 5.16 Å². The topological polar surface area (TPSA) is 119 Å². The molecule has 10 heteroatoms. The molecule has 34 heavy (non-hydrogen) atoms. The predicted molar refractivity (Wildman–Crippen MR) is 131 cm³/mol. The van der Waals surface area contributed by atoms with E-state index in [0.717, 1.165) is 22.9 Å². The number of hydrogen-bond donors (Lipinski definition) is 2. The van der Waals surface area contributed by atoms with Gasteiger partial charge in [-0.1, -0.05) is 41.6 Å². The van der Waals surface area contributed by atoms with Crippen molar-refractivity contribution in [2.75, 3.05) is 12.4 Å². The number of nitrogens with one attached hydrogen (secondary N) is 2. The van der Waals surface area contributed by atoms with Crippen LogP contribution in [0.15, 0.2) is 52.4 Å². The Labute approximate surface area is 200 Å². The van der Waals surface area contributed by atoms with E-state index in [2.05, 4.69) is 20.4 Å². The number of thioether (sulfide) groups is 1. The molecule has 1 unspecified atom stereocenters. The molecule has 0 aliphatic rings. The number of ether oxygens (including phenoxy) is 1. The van der Waals surface area contributed by atoms with Crippen molar-refractivity contribution in [3.05, 3.63) is 63.9 Å². The molecule has 3 aromatic rings. The first-order valence-electron chi connectivity index (χ1n) is 10.6. The molecule has 0 spiro atoms. The Bertz CT molecular complexity index is 1300. The average molecular weight is 483 g/mol. The van der Waals surface area contributed by atoms with Crippen molar-refractivity contribution in [1.82, 2.24) is 14.9 Å². The van der Waals surface area contributed by atoms with Crippen LogP contribution >= 0.6 is 11.8 Å². The number of carbonyl (C=O) groups excluding carboxylic acids is 3. The third-order valence-corrected chi connectivity index (χ3v) is 6.20. The number of aryl methyl sites for hydroxylation is 2. The number of aromatic nitrogens is 2. The monoisotopic (exact) mass is 482 g/mol. The highest BCUT2D eigenvalue weighted by molar-refractivity contribution is 8.00. The fraction of sp³-hybridized carbons (Fsp3) is 0.292. The Morgan fingerprint density at radius 2 is 1.88 bits per heavy atom. The number of carbonyl (C=O) groups is 3. The van der Waals surface area contributed by atoms with E-state index in [-0.39, 0.29) is 23.7 Å². The van der Waals surface area contributed by atoms with Gasteiger partial charge in [0.1, 0.15) is 0 Å². The van der Waals surface area contributed by atoms with Crippen molar-refractivity contribution in [3.63, 3.8) is 0 Å². The first kappa shape index (κ1) is 25.0. The summed E-state index contributed by atoms with van der Waals surface area (Å²) in [6.45, 7) is 5.47. The van der Waals surface area contributed by atoms with E-state index in [9.17, 15) is 19.2 Å². The maximum Gasteiger partial charge on any atom is 0.325 e. The van der Waals surface area contributed by atoms with Crippen LogP contribution < -0.4 is 16.2 Å². The molecule has 2 N–H and O–H groups in total. The summed E-state index contributed by atoms with van der Waals surface area (Å²) in [5, 5.41) is 4.92. The van der Waals surface area contributed by atoms with Crippen molar-refractivity contribution in [2.45, 2.75) is 44.1 Å². The van der Waals surface area contributed by atoms with E-state index in [1.807, 2.05) is 26.0 Å². The number of imide groups is 1. The molecule has 0 radical (unpaired) electrons. The molecule has 3 rings (SSSR count). The third-order valence-electron chi connectivity index (χ3n) is 5.11. The van der Waals surface area contributed by atoms with Crippen molar-refractivity contribution in [3.8, 4) is 0 Å². The summed E-state index contributed by atoms with van der Waals surface area (Å²) >= 11 is 1.03. The molecule has 2 aromatic carbocycles. The van der Waals surface area contributed by atoms with Crippen LogP contribution in [0.3, 0.4) is 0 Å². The molecule has 1 aromatic heterocycles. The summed E-state index contributed by atoms with van der Waals surface area (Å²) in [6.07, 6.45) is -0.0249. The summed E-state index contributed by atoms with van der Waals surface area (Å²) in [7, 11) is 1.27. The number of para-hydroxylation sites is 1. The second-order valence-corrected chi connectivity index (χ2v) is 9.02.